The quantitative estimate of drug-likeness (QED) is 0.885. The Kier molecular flexibility index (Phi) is 6.14. The van der Waals surface area contributed by atoms with Gasteiger partial charge in [0.25, 0.3) is 5.91 Å². The first kappa shape index (κ1) is 18.7. The molecule has 0 aromatic heterocycles. The molecule has 6 nitrogen and oxygen atoms in total. The second-order valence-corrected chi connectivity index (χ2v) is 7.41. The number of hydrogen-bond acceptors (Lipinski definition) is 4. The van der Waals surface area contributed by atoms with Crippen LogP contribution in [0, 0.1) is 5.92 Å². The lowest BCUT2D eigenvalue weighted by Gasteiger charge is -2.41. The highest BCUT2D eigenvalue weighted by molar-refractivity contribution is 5.81. The van der Waals surface area contributed by atoms with Gasteiger partial charge in [0.05, 0.1) is 0 Å². The van der Waals surface area contributed by atoms with E-state index in [1.165, 1.54) is 0 Å². The number of carbonyl (C=O) groups is 2. The zero-order valence-electron chi connectivity index (χ0n) is 15.7. The topological polar surface area (TPSA) is 61.9 Å². The van der Waals surface area contributed by atoms with Gasteiger partial charge in [-0.1, -0.05) is 18.2 Å². The van der Waals surface area contributed by atoms with Gasteiger partial charge in [0.2, 0.25) is 5.91 Å². The van der Waals surface area contributed by atoms with Crippen molar-refractivity contribution in [3.8, 4) is 5.75 Å². The molecule has 0 bridgehead atoms. The molecule has 2 saturated heterocycles. The van der Waals surface area contributed by atoms with Crippen LogP contribution in [0.15, 0.2) is 30.3 Å². The molecule has 1 N–H and O–H groups in total. The fraction of sp³-hybridized carbons (Fsp3) is 0.600. The first-order chi connectivity index (χ1) is 12.5. The molecule has 2 aliphatic rings. The van der Waals surface area contributed by atoms with Crippen LogP contribution in [0.1, 0.15) is 26.7 Å². The summed E-state index contributed by atoms with van der Waals surface area (Å²) in [5.74, 6) is 0.969. The van der Waals surface area contributed by atoms with E-state index in [2.05, 4.69) is 19.2 Å². The third kappa shape index (κ3) is 4.55. The summed E-state index contributed by atoms with van der Waals surface area (Å²) in [7, 11) is 0. The summed E-state index contributed by atoms with van der Waals surface area (Å²) in [5.41, 5.74) is 0. The fourth-order valence-corrected chi connectivity index (χ4v) is 3.69. The van der Waals surface area contributed by atoms with Crippen molar-refractivity contribution >= 4 is 11.8 Å². The molecule has 2 unspecified atom stereocenters. The van der Waals surface area contributed by atoms with E-state index in [1.807, 2.05) is 40.1 Å². The molecule has 6 heteroatoms. The van der Waals surface area contributed by atoms with Crippen molar-refractivity contribution in [2.24, 2.45) is 5.92 Å². The maximum absolute atomic E-state index is 12.9. The second-order valence-electron chi connectivity index (χ2n) is 7.41. The van der Waals surface area contributed by atoms with Crippen LogP contribution < -0.4 is 10.1 Å². The average Bonchev–Trinajstić information content (AvgIpc) is 2.68. The minimum Gasteiger partial charge on any atom is -0.484 e. The number of carbonyl (C=O) groups excluding carboxylic acids is 2. The molecular formula is C20H29N3O3. The Labute approximate surface area is 155 Å². The van der Waals surface area contributed by atoms with E-state index >= 15 is 0 Å². The standard InChI is InChI=1S/C20H29N3O3/c1-15-13-23(16(2)12-21-15)20(25)17-8-10-22(11-9-17)19(24)14-26-18-6-4-3-5-7-18/h3-7,15-17,21H,8-14H2,1-2H3. The van der Waals surface area contributed by atoms with Crippen LogP contribution in [0.25, 0.3) is 0 Å². The van der Waals surface area contributed by atoms with Gasteiger partial charge in [-0.15, -0.1) is 0 Å². The van der Waals surface area contributed by atoms with Gasteiger partial charge in [0, 0.05) is 44.2 Å². The molecule has 0 spiro atoms. The van der Waals surface area contributed by atoms with Crippen LogP contribution >= 0.6 is 0 Å². The second kappa shape index (κ2) is 8.54. The first-order valence-corrected chi connectivity index (χ1v) is 9.54. The van der Waals surface area contributed by atoms with Gasteiger partial charge in [0.15, 0.2) is 6.61 Å². The Bertz CT molecular complexity index is 614. The molecule has 2 atom stereocenters. The zero-order valence-corrected chi connectivity index (χ0v) is 15.7. The average molecular weight is 359 g/mol. The van der Waals surface area contributed by atoms with E-state index in [4.69, 9.17) is 4.74 Å². The van der Waals surface area contributed by atoms with Crippen molar-refractivity contribution in [2.45, 2.75) is 38.8 Å². The van der Waals surface area contributed by atoms with Gasteiger partial charge in [-0.2, -0.15) is 0 Å². The van der Waals surface area contributed by atoms with Gasteiger partial charge in [-0.25, -0.2) is 0 Å². The van der Waals surface area contributed by atoms with E-state index in [0.717, 1.165) is 25.9 Å². The lowest BCUT2D eigenvalue weighted by atomic mass is 9.94. The van der Waals surface area contributed by atoms with Crippen LogP contribution in [-0.4, -0.2) is 66.5 Å². The van der Waals surface area contributed by atoms with E-state index in [9.17, 15) is 9.59 Å². The van der Waals surface area contributed by atoms with Crippen LogP contribution in [0.3, 0.4) is 0 Å². The van der Waals surface area contributed by atoms with Crippen molar-refractivity contribution in [1.82, 2.24) is 15.1 Å². The molecule has 142 valence electrons. The number of piperazine rings is 1. The third-order valence-corrected chi connectivity index (χ3v) is 5.35. The Morgan fingerprint density at radius 1 is 1.15 bits per heavy atom. The maximum atomic E-state index is 12.9. The number of likely N-dealkylation sites (tertiary alicyclic amines) is 1. The molecule has 1 aromatic rings. The minimum atomic E-state index is -0.0103. The number of benzene rings is 1. The van der Waals surface area contributed by atoms with Crippen molar-refractivity contribution in [1.29, 1.82) is 0 Å². The summed E-state index contributed by atoms with van der Waals surface area (Å²) in [6.07, 6.45) is 1.47. The Morgan fingerprint density at radius 3 is 2.54 bits per heavy atom. The SMILES string of the molecule is CC1CN(C(=O)C2CCN(C(=O)COc3ccccc3)CC2)C(C)CN1. The molecule has 3 rings (SSSR count). The van der Waals surface area contributed by atoms with E-state index in [0.29, 0.717) is 24.9 Å². The van der Waals surface area contributed by atoms with Gasteiger partial charge < -0.3 is 19.9 Å². The van der Waals surface area contributed by atoms with Crippen LogP contribution in [0.4, 0.5) is 0 Å². The number of nitrogens with zero attached hydrogens (tertiary/aromatic N) is 2. The summed E-state index contributed by atoms with van der Waals surface area (Å²) in [4.78, 5) is 29.0. The Hall–Kier alpha value is -2.08. The molecule has 2 fully saturated rings. The fourth-order valence-electron chi connectivity index (χ4n) is 3.69. The number of amides is 2. The molecule has 0 radical (unpaired) electrons. The van der Waals surface area contributed by atoms with Gasteiger partial charge in [-0.3, -0.25) is 9.59 Å². The Morgan fingerprint density at radius 2 is 1.85 bits per heavy atom. The number of nitrogens with one attached hydrogen (secondary N) is 1. The lowest BCUT2D eigenvalue weighted by Crippen LogP contribution is -2.58. The largest absolute Gasteiger partial charge is 0.484 e. The summed E-state index contributed by atoms with van der Waals surface area (Å²) in [6, 6.07) is 9.94. The molecule has 2 heterocycles. The van der Waals surface area contributed by atoms with Crippen molar-refractivity contribution in [3.63, 3.8) is 0 Å². The summed E-state index contributed by atoms with van der Waals surface area (Å²) in [5, 5.41) is 3.41. The van der Waals surface area contributed by atoms with Crippen molar-refractivity contribution < 1.29 is 14.3 Å². The molecule has 1 aromatic carbocycles. The van der Waals surface area contributed by atoms with Crippen molar-refractivity contribution in [2.75, 3.05) is 32.8 Å². The first-order valence-electron chi connectivity index (χ1n) is 9.54. The monoisotopic (exact) mass is 359 g/mol. The van der Waals surface area contributed by atoms with Crippen LogP contribution in [0.5, 0.6) is 5.75 Å². The number of rotatable bonds is 4. The highest BCUT2D eigenvalue weighted by atomic mass is 16.5. The lowest BCUT2D eigenvalue weighted by molar-refractivity contribution is -0.144. The highest BCUT2D eigenvalue weighted by Gasteiger charge is 2.34. The number of hydrogen-bond donors (Lipinski definition) is 1. The van der Waals surface area contributed by atoms with Crippen molar-refractivity contribution in [3.05, 3.63) is 30.3 Å². The summed E-state index contributed by atoms with van der Waals surface area (Å²) < 4.78 is 5.54. The maximum Gasteiger partial charge on any atom is 0.260 e. The van der Waals surface area contributed by atoms with E-state index < -0.39 is 0 Å². The van der Waals surface area contributed by atoms with Crippen LogP contribution in [0.2, 0.25) is 0 Å². The van der Waals surface area contributed by atoms with Crippen LogP contribution in [-0.2, 0) is 9.59 Å². The molecule has 2 aliphatic heterocycles. The molecule has 0 aliphatic carbocycles. The van der Waals surface area contributed by atoms with Gasteiger partial charge >= 0.3 is 0 Å². The molecule has 26 heavy (non-hydrogen) atoms. The molecular weight excluding hydrogens is 330 g/mol. The normalized spacial score (nSPS) is 24.4. The number of para-hydroxylation sites is 1. The predicted molar refractivity (Wildman–Crippen MR) is 99.9 cm³/mol. The Balaban J connectivity index is 1.46. The van der Waals surface area contributed by atoms with E-state index in [1.54, 1.807) is 0 Å². The summed E-state index contributed by atoms with van der Waals surface area (Å²) >= 11 is 0. The van der Waals surface area contributed by atoms with Gasteiger partial charge in [-0.05, 0) is 38.8 Å². The predicted octanol–water partition coefficient (Wildman–Crippen LogP) is 1.51. The zero-order chi connectivity index (χ0) is 18.5. The summed E-state index contributed by atoms with van der Waals surface area (Å²) in [6.45, 7) is 7.13. The number of ether oxygens (including phenoxy) is 1. The minimum absolute atomic E-state index is 0.0103. The third-order valence-electron chi connectivity index (χ3n) is 5.35. The molecule has 2 amide bonds. The molecule has 0 saturated carbocycles. The smallest absolute Gasteiger partial charge is 0.260 e. The highest BCUT2D eigenvalue weighted by Crippen LogP contribution is 2.22. The number of piperidine rings is 1. The van der Waals surface area contributed by atoms with E-state index in [-0.39, 0.29) is 30.4 Å². The van der Waals surface area contributed by atoms with Gasteiger partial charge in [0.1, 0.15) is 5.75 Å².